The number of hydrogen-bond acceptors (Lipinski definition) is 6. The molecule has 0 bridgehead atoms. The minimum atomic E-state index is -4.62. The lowest BCUT2D eigenvalue weighted by molar-refractivity contribution is -0.141. The van der Waals surface area contributed by atoms with Crippen LogP contribution in [0.1, 0.15) is 23.7 Å². The average molecular weight is 505 g/mol. The summed E-state index contributed by atoms with van der Waals surface area (Å²) in [5.41, 5.74) is 0.0361. The van der Waals surface area contributed by atoms with Crippen molar-refractivity contribution in [3.8, 4) is 11.5 Å². The number of benzene rings is 1. The minimum absolute atomic E-state index is 0.0888. The van der Waals surface area contributed by atoms with Gasteiger partial charge in [0.1, 0.15) is 5.69 Å². The molecule has 2 aromatic heterocycles. The standard InChI is InChI=1S/C19H17F6N7OS/c1-3-32-16(13-8-14(19(23,24)25)30-31(13)2)28-29-17(32)34-10-15(33)27-26-9-11-6-4-5-7-12(11)18(20,21)22/h4-9H,3,10H2,1-2H3,(H,27,33)/b26-9+. The van der Waals surface area contributed by atoms with Gasteiger partial charge in [-0.1, -0.05) is 30.0 Å². The highest BCUT2D eigenvalue weighted by atomic mass is 32.2. The van der Waals surface area contributed by atoms with Gasteiger partial charge in [-0.3, -0.25) is 9.48 Å². The number of carbonyl (C=O) groups is 1. The van der Waals surface area contributed by atoms with Gasteiger partial charge in [-0.2, -0.15) is 36.5 Å². The van der Waals surface area contributed by atoms with E-state index in [-0.39, 0.29) is 28.0 Å². The lowest BCUT2D eigenvalue weighted by atomic mass is 10.1. The van der Waals surface area contributed by atoms with E-state index in [0.29, 0.717) is 6.54 Å². The summed E-state index contributed by atoms with van der Waals surface area (Å²) in [7, 11) is 1.34. The second kappa shape index (κ2) is 9.87. The molecular weight excluding hydrogens is 488 g/mol. The van der Waals surface area contributed by atoms with Crippen LogP contribution < -0.4 is 5.43 Å². The van der Waals surface area contributed by atoms with Gasteiger partial charge in [0.15, 0.2) is 16.7 Å². The van der Waals surface area contributed by atoms with Crippen LogP contribution in [-0.4, -0.2) is 42.4 Å². The molecule has 0 saturated carbocycles. The van der Waals surface area contributed by atoms with Gasteiger partial charge < -0.3 is 4.57 Å². The zero-order valence-corrected chi connectivity index (χ0v) is 18.5. The maximum Gasteiger partial charge on any atom is 0.435 e. The van der Waals surface area contributed by atoms with E-state index in [1.807, 2.05) is 0 Å². The van der Waals surface area contributed by atoms with Gasteiger partial charge in [-0.25, -0.2) is 5.43 Å². The number of nitrogens with one attached hydrogen (secondary N) is 1. The third kappa shape index (κ3) is 5.76. The van der Waals surface area contributed by atoms with E-state index in [1.54, 1.807) is 6.92 Å². The van der Waals surface area contributed by atoms with Crippen molar-refractivity contribution in [2.45, 2.75) is 31.0 Å². The number of amides is 1. The molecule has 0 aliphatic rings. The van der Waals surface area contributed by atoms with Crippen molar-refractivity contribution in [1.29, 1.82) is 0 Å². The highest BCUT2D eigenvalue weighted by Gasteiger charge is 2.35. The Morgan fingerprint density at radius 2 is 1.85 bits per heavy atom. The maximum atomic E-state index is 13.0. The third-order valence-corrected chi connectivity index (χ3v) is 5.39. The Morgan fingerprint density at radius 1 is 1.15 bits per heavy atom. The second-order valence-corrected chi connectivity index (χ2v) is 7.70. The van der Waals surface area contributed by atoms with E-state index < -0.39 is 29.5 Å². The summed E-state index contributed by atoms with van der Waals surface area (Å²) in [4.78, 5) is 12.1. The van der Waals surface area contributed by atoms with Crippen molar-refractivity contribution in [2.75, 3.05) is 5.75 Å². The summed E-state index contributed by atoms with van der Waals surface area (Å²) in [6.45, 7) is 2.02. The van der Waals surface area contributed by atoms with Crippen LogP contribution in [0.15, 0.2) is 40.6 Å². The van der Waals surface area contributed by atoms with Gasteiger partial charge in [0.05, 0.1) is 17.5 Å². The fourth-order valence-corrected chi connectivity index (χ4v) is 3.68. The van der Waals surface area contributed by atoms with Crippen LogP contribution in [0.5, 0.6) is 0 Å². The smallest absolute Gasteiger partial charge is 0.301 e. The number of aromatic nitrogens is 5. The Bertz CT molecular complexity index is 1200. The monoisotopic (exact) mass is 505 g/mol. The first kappa shape index (κ1) is 25.3. The number of halogens is 6. The number of carbonyl (C=O) groups excluding carboxylic acids is 1. The van der Waals surface area contributed by atoms with Gasteiger partial charge >= 0.3 is 12.4 Å². The Hall–Kier alpha value is -3.36. The van der Waals surface area contributed by atoms with E-state index in [2.05, 4.69) is 25.8 Å². The molecule has 182 valence electrons. The van der Waals surface area contributed by atoms with Crippen LogP contribution in [-0.2, 0) is 30.7 Å². The normalized spacial score (nSPS) is 12.5. The van der Waals surface area contributed by atoms with Crippen LogP contribution in [0.3, 0.4) is 0 Å². The first-order valence-electron chi connectivity index (χ1n) is 9.57. The van der Waals surface area contributed by atoms with E-state index >= 15 is 0 Å². The molecule has 0 unspecified atom stereocenters. The summed E-state index contributed by atoms with van der Waals surface area (Å²) in [5.74, 6) is -0.703. The molecule has 1 amide bonds. The molecule has 0 aliphatic carbocycles. The maximum absolute atomic E-state index is 13.0. The highest BCUT2D eigenvalue weighted by molar-refractivity contribution is 7.99. The van der Waals surface area contributed by atoms with Crippen molar-refractivity contribution in [2.24, 2.45) is 12.1 Å². The average Bonchev–Trinajstić information content (AvgIpc) is 3.34. The van der Waals surface area contributed by atoms with Gasteiger partial charge in [0.2, 0.25) is 0 Å². The molecule has 0 saturated heterocycles. The molecule has 0 radical (unpaired) electrons. The molecule has 8 nitrogen and oxygen atoms in total. The van der Waals surface area contributed by atoms with Crippen LogP contribution in [0, 0.1) is 0 Å². The molecule has 34 heavy (non-hydrogen) atoms. The number of nitrogens with zero attached hydrogens (tertiary/aromatic N) is 6. The minimum Gasteiger partial charge on any atom is -0.301 e. The fraction of sp³-hybridized carbons (Fsp3) is 0.316. The molecule has 0 atom stereocenters. The van der Waals surface area contributed by atoms with E-state index in [1.165, 1.54) is 29.8 Å². The molecule has 15 heteroatoms. The molecule has 3 rings (SSSR count). The van der Waals surface area contributed by atoms with Crippen molar-refractivity contribution >= 4 is 23.9 Å². The fourth-order valence-electron chi connectivity index (χ4n) is 2.89. The molecule has 1 aromatic carbocycles. The van der Waals surface area contributed by atoms with Crippen LogP contribution in [0.2, 0.25) is 0 Å². The van der Waals surface area contributed by atoms with Crippen molar-refractivity contribution < 1.29 is 31.1 Å². The summed E-state index contributed by atoms with van der Waals surface area (Å²) in [6, 6.07) is 5.60. The molecule has 1 N–H and O–H groups in total. The largest absolute Gasteiger partial charge is 0.435 e. The predicted octanol–water partition coefficient (Wildman–Crippen LogP) is 3.98. The molecule has 0 spiro atoms. The Kier molecular flexibility index (Phi) is 7.33. The summed E-state index contributed by atoms with van der Waals surface area (Å²) >= 11 is 0.939. The van der Waals surface area contributed by atoms with Crippen molar-refractivity contribution in [3.05, 3.63) is 47.2 Å². The molecule has 0 fully saturated rings. The Labute approximate surface area is 193 Å². The Balaban J connectivity index is 1.67. The van der Waals surface area contributed by atoms with Gasteiger partial charge in [0, 0.05) is 19.2 Å². The lowest BCUT2D eigenvalue weighted by Gasteiger charge is -2.09. The zero-order valence-electron chi connectivity index (χ0n) is 17.6. The quantitative estimate of drug-likeness (QED) is 0.227. The Morgan fingerprint density at radius 3 is 2.47 bits per heavy atom. The van der Waals surface area contributed by atoms with E-state index in [4.69, 9.17) is 0 Å². The van der Waals surface area contributed by atoms with E-state index in [9.17, 15) is 31.1 Å². The number of alkyl halides is 6. The summed E-state index contributed by atoms with van der Waals surface area (Å²) in [5, 5.41) is 15.1. The predicted molar refractivity (Wildman–Crippen MR) is 111 cm³/mol. The third-order valence-electron chi connectivity index (χ3n) is 4.42. The van der Waals surface area contributed by atoms with Crippen LogP contribution in [0.25, 0.3) is 11.5 Å². The van der Waals surface area contributed by atoms with Gasteiger partial charge in [0.25, 0.3) is 5.91 Å². The number of hydrogen-bond donors (Lipinski definition) is 1. The summed E-state index contributed by atoms with van der Waals surface area (Å²) in [6.07, 6.45) is -8.30. The lowest BCUT2D eigenvalue weighted by Crippen LogP contribution is -2.20. The second-order valence-electron chi connectivity index (χ2n) is 6.75. The van der Waals surface area contributed by atoms with Gasteiger partial charge in [-0.15, -0.1) is 10.2 Å². The van der Waals surface area contributed by atoms with Crippen LogP contribution >= 0.6 is 11.8 Å². The first-order chi connectivity index (χ1) is 15.9. The number of rotatable bonds is 7. The number of aryl methyl sites for hydroxylation is 1. The molecule has 2 heterocycles. The van der Waals surface area contributed by atoms with Crippen molar-refractivity contribution in [1.82, 2.24) is 30.0 Å². The molecule has 3 aromatic rings. The van der Waals surface area contributed by atoms with E-state index in [0.717, 1.165) is 34.8 Å². The van der Waals surface area contributed by atoms with Gasteiger partial charge in [-0.05, 0) is 19.1 Å². The topological polar surface area (TPSA) is 90.0 Å². The van der Waals surface area contributed by atoms with Crippen LogP contribution in [0.4, 0.5) is 26.3 Å². The number of hydrazone groups is 1. The molecular formula is C19H17F6N7OS. The highest BCUT2D eigenvalue weighted by Crippen LogP contribution is 2.32. The van der Waals surface area contributed by atoms with Crippen molar-refractivity contribution in [3.63, 3.8) is 0 Å². The number of thioether (sulfide) groups is 1. The molecule has 0 aliphatic heterocycles. The summed E-state index contributed by atoms with van der Waals surface area (Å²) < 4.78 is 80.4. The SMILES string of the molecule is CCn1c(SCC(=O)N/N=C/c2ccccc2C(F)(F)F)nnc1-c1cc(C(F)(F)F)nn1C. The first-order valence-corrected chi connectivity index (χ1v) is 10.6. The zero-order chi connectivity index (χ0) is 25.1.